The summed E-state index contributed by atoms with van der Waals surface area (Å²) in [6.45, 7) is 0. The minimum Gasteiger partial charge on any atom is -0.508 e. The van der Waals surface area contributed by atoms with E-state index in [2.05, 4.69) is 14.6 Å². The Morgan fingerprint density at radius 2 is 1.10 bits per heavy atom. The minimum absolute atomic E-state index is 0.00201. The molecule has 0 atom stereocenters. The van der Waals surface area contributed by atoms with Crippen LogP contribution in [0.1, 0.15) is 15.9 Å². The number of aromatic hydroxyl groups is 2. The van der Waals surface area contributed by atoms with Crippen molar-refractivity contribution in [1.29, 1.82) is 0 Å². The van der Waals surface area contributed by atoms with Crippen molar-refractivity contribution in [1.82, 2.24) is 0 Å². The average molecular weight is 826 g/mol. The molecule has 0 heterocycles. The number of methoxy groups -OCH3 is 1. The van der Waals surface area contributed by atoms with Crippen molar-refractivity contribution in [2.45, 2.75) is 12.7 Å². The second-order valence-corrected chi connectivity index (χ2v) is 12.5. The molecule has 0 aliphatic carbocycles. The number of oxime groups is 1. The fourth-order valence-corrected chi connectivity index (χ4v) is 6.06. The lowest BCUT2D eigenvalue weighted by atomic mass is 9.89. The molecule has 0 radical (unpaired) electrons. The zero-order valence-corrected chi connectivity index (χ0v) is 30.5. The molecule has 17 heteroatoms. The molecule has 0 aliphatic rings. The van der Waals surface area contributed by atoms with Crippen molar-refractivity contribution in [3.05, 3.63) is 137 Å². The van der Waals surface area contributed by atoms with Gasteiger partial charge in [0.1, 0.15) is 28.7 Å². The zero-order valence-electron chi connectivity index (χ0n) is 29.8. The predicted octanol–water partition coefficient (Wildman–Crippen LogP) is 10.1. The lowest BCUT2D eigenvalue weighted by Crippen LogP contribution is -2.19. The first-order valence-electron chi connectivity index (χ1n) is 16.5. The second kappa shape index (κ2) is 17.4. The van der Waals surface area contributed by atoms with Crippen molar-refractivity contribution in [2.75, 3.05) is 7.11 Å². The summed E-state index contributed by atoms with van der Waals surface area (Å²) in [5, 5.41) is 31.7. The van der Waals surface area contributed by atoms with Gasteiger partial charge in [0.25, 0.3) is 0 Å². The molecular formula is C41H30ClF6N3O7. The maximum absolute atomic E-state index is 12.9. The highest BCUT2D eigenvalue weighted by atomic mass is 35.5. The van der Waals surface area contributed by atoms with E-state index in [1.54, 1.807) is 42.5 Å². The SMILES string of the molecule is COc1ccc(Cl)cc1-c1c(C(N)=NO)cc(OC(F)(F)F)cc1-c1ccc(O)cc1.NC(=O)c1cc(OC(F)(F)F)cc(-c2ccc(O)cc2)c1-c1ccccc1. The maximum atomic E-state index is 12.9. The lowest BCUT2D eigenvalue weighted by molar-refractivity contribution is -0.275. The van der Waals surface area contributed by atoms with Gasteiger partial charge in [-0.1, -0.05) is 71.4 Å². The first-order chi connectivity index (χ1) is 27.4. The summed E-state index contributed by atoms with van der Waals surface area (Å²) < 4.78 is 90.4. The quantitative estimate of drug-likeness (QED) is 0.0315. The van der Waals surface area contributed by atoms with Gasteiger partial charge in [-0.25, -0.2) is 0 Å². The molecule has 6 aromatic carbocycles. The van der Waals surface area contributed by atoms with Gasteiger partial charge < -0.3 is 41.1 Å². The molecule has 10 nitrogen and oxygen atoms in total. The zero-order chi connectivity index (χ0) is 42.4. The van der Waals surface area contributed by atoms with Gasteiger partial charge >= 0.3 is 12.7 Å². The first kappa shape index (κ1) is 42.1. The van der Waals surface area contributed by atoms with Gasteiger partial charge in [0.15, 0.2) is 5.84 Å². The molecule has 0 fully saturated rings. The summed E-state index contributed by atoms with van der Waals surface area (Å²) >= 11 is 6.15. The maximum Gasteiger partial charge on any atom is 0.573 e. The topological polar surface area (TPSA) is 170 Å². The van der Waals surface area contributed by atoms with Crippen LogP contribution >= 0.6 is 11.6 Å². The number of benzene rings is 6. The third kappa shape index (κ3) is 10.4. The largest absolute Gasteiger partial charge is 0.573 e. The van der Waals surface area contributed by atoms with E-state index >= 15 is 0 Å². The molecular weight excluding hydrogens is 796 g/mol. The van der Waals surface area contributed by atoms with Gasteiger partial charge in [-0.05, 0) is 94.5 Å². The average Bonchev–Trinajstić information content (AvgIpc) is 3.17. The van der Waals surface area contributed by atoms with Crippen molar-refractivity contribution >= 4 is 23.3 Å². The molecule has 0 bridgehead atoms. The van der Waals surface area contributed by atoms with Crippen molar-refractivity contribution in [2.24, 2.45) is 16.6 Å². The van der Waals surface area contributed by atoms with Gasteiger partial charge in [0, 0.05) is 27.3 Å². The van der Waals surface area contributed by atoms with Crippen molar-refractivity contribution in [3.8, 4) is 73.3 Å². The molecule has 300 valence electrons. The Labute approximate surface area is 330 Å². The number of hydrogen-bond acceptors (Lipinski definition) is 8. The summed E-state index contributed by atoms with van der Waals surface area (Å²) in [7, 11) is 1.41. The number of nitrogens with zero attached hydrogens (tertiary/aromatic N) is 1. The van der Waals surface area contributed by atoms with E-state index in [0.29, 0.717) is 44.2 Å². The number of ether oxygens (including phenoxy) is 3. The minimum atomic E-state index is -4.97. The number of amides is 1. The smallest absolute Gasteiger partial charge is 0.508 e. The molecule has 7 N–H and O–H groups in total. The van der Waals surface area contributed by atoms with Crippen LogP contribution in [0.25, 0.3) is 44.5 Å². The van der Waals surface area contributed by atoms with Gasteiger partial charge in [0.2, 0.25) is 5.91 Å². The number of phenols is 2. The third-order valence-electron chi connectivity index (χ3n) is 8.19. The van der Waals surface area contributed by atoms with Crippen LogP contribution < -0.4 is 25.7 Å². The van der Waals surface area contributed by atoms with Gasteiger partial charge in [-0.2, -0.15) is 0 Å². The number of carbonyl (C=O) groups excluding carboxylic acids is 1. The second-order valence-electron chi connectivity index (χ2n) is 12.0. The first-order valence-corrected chi connectivity index (χ1v) is 16.9. The van der Waals surface area contributed by atoms with E-state index < -0.39 is 36.0 Å². The highest BCUT2D eigenvalue weighted by molar-refractivity contribution is 6.31. The summed E-state index contributed by atoms with van der Waals surface area (Å²) in [6, 6.07) is 29.3. The van der Waals surface area contributed by atoms with E-state index in [1.165, 1.54) is 67.8 Å². The van der Waals surface area contributed by atoms with E-state index in [-0.39, 0.29) is 33.8 Å². The number of amidine groups is 1. The molecule has 1 amide bonds. The number of halogens is 7. The van der Waals surface area contributed by atoms with Crippen molar-refractivity contribution < 1.29 is 60.8 Å². The third-order valence-corrected chi connectivity index (χ3v) is 8.43. The molecule has 0 saturated carbocycles. The van der Waals surface area contributed by atoms with Crippen LogP contribution in [0.3, 0.4) is 0 Å². The van der Waals surface area contributed by atoms with Crippen LogP contribution in [0.4, 0.5) is 26.3 Å². The summed E-state index contributed by atoms with van der Waals surface area (Å²) in [4.78, 5) is 12.0. The van der Waals surface area contributed by atoms with Crippen LogP contribution in [0.5, 0.6) is 28.7 Å². The molecule has 58 heavy (non-hydrogen) atoms. The number of nitrogens with two attached hydrogens (primary N) is 2. The fourth-order valence-electron chi connectivity index (χ4n) is 5.89. The number of phenolic OH excluding ortho intramolecular Hbond substituents is 2. The Kier molecular flexibility index (Phi) is 12.6. The van der Waals surface area contributed by atoms with Crippen molar-refractivity contribution in [3.63, 3.8) is 0 Å². The monoisotopic (exact) mass is 825 g/mol. The van der Waals surface area contributed by atoms with E-state index in [4.69, 9.17) is 27.8 Å². The standard InChI is InChI=1S/C21H16ClF3N2O4.C20H14F3NO3/c1-30-18-7-4-12(22)8-16(18)19-15(11-2-5-13(28)6-3-11)9-14(31-21(23,24)25)10-17(19)20(26)27-29;21-20(22,23)27-15-10-16(12-6-8-14(25)9-7-12)18(17(11-15)19(24)26)13-4-2-1-3-5-13/h2-10,28-29H,1H3,(H2,26,27);1-11,25H,(H2,24,26). The highest BCUT2D eigenvalue weighted by Gasteiger charge is 2.33. The summed E-state index contributed by atoms with van der Waals surface area (Å²) in [5.41, 5.74) is 14.2. The lowest BCUT2D eigenvalue weighted by Gasteiger charge is -2.20. The van der Waals surface area contributed by atoms with Crippen LogP contribution in [0.15, 0.2) is 126 Å². The number of alkyl halides is 6. The number of hydrogen-bond donors (Lipinski definition) is 5. The molecule has 0 aliphatic heterocycles. The Morgan fingerprint density at radius 3 is 1.55 bits per heavy atom. The van der Waals surface area contributed by atoms with Crippen LogP contribution in [-0.2, 0) is 0 Å². The molecule has 0 saturated heterocycles. The normalized spacial score (nSPS) is 11.6. The van der Waals surface area contributed by atoms with E-state index in [9.17, 15) is 46.6 Å². The highest BCUT2D eigenvalue weighted by Crippen LogP contribution is 2.44. The molecule has 0 unspecified atom stereocenters. The van der Waals surface area contributed by atoms with Gasteiger partial charge in [-0.3, -0.25) is 4.79 Å². The fraction of sp³-hybridized carbons (Fsp3) is 0.0732. The molecule has 6 aromatic rings. The Hall–Kier alpha value is -7.07. The van der Waals surface area contributed by atoms with Gasteiger partial charge in [-0.15, -0.1) is 26.3 Å². The number of rotatable bonds is 9. The van der Waals surface area contributed by atoms with Crippen LogP contribution in [0.2, 0.25) is 5.02 Å². The van der Waals surface area contributed by atoms with Crippen LogP contribution in [0, 0.1) is 0 Å². The Bertz CT molecular complexity index is 2440. The number of primary amides is 1. The van der Waals surface area contributed by atoms with Crippen LogP contribution in [-0.4, -0.2) is 47.0 Å². The predicted molar refractivity (Wildman–Crippen MR) is 204 cm³/mol. The van der Waals surface area contributed by atoms with E-state index in [0.717, 1.165) is 18.2 Å². The molecule has 0 aromatic heterocycles. The molecule has 0 spiro atoms. The molecule has 6 rings (SSSR count). The Morgan fingerprint density at radius 1 is 0.621 bits per heavy atom. The van der Waals surface area contributed by atoms with E-state index in [1.807, 2.05) is 0 Å². The summed E-state index contributed by atoms with van der Waals surface area (Å²) in [5.74, 6) is -2.17. The van der Waals surface area contributed by atoms with Gasteiger partial charge in [0.05, 0.1) is 12.7 Å². The Balaban J connectivity index is 0.000000223. The summed E-state index contributed by atoms with van der Waals surface area (Å²) in [6.07, 6.45) is -9.89. The number of carbonyl (C=O) groups is 1.